The van der Waals surface area contributed by atoms with E-state index in [1.807, 2.05) is 13.0 Å². The lowest BCUT2D eigenvalue weighted by Crippen LogP contribution is -2.40. The van der Waals surface area contributed by atoms with E-state index in [1.165, 1.54) is 5.56 Å². The highest BCUT2D eigenvalue weighted by Gasteiger charge is 2.39. The van der Waals surface area contributed by atoms with Crippen LogP contribution in [0.5, 0.6) is 0 Å². The van der Waals surface area contributed by atoms with Gasteiger partial charge >= 0.3 is 0 Å². The minimum absolute atomic E-state index is 0.214. The highest BCUT2D eigenvalue weighted by Crippen LogP contribution is 2.42. The average molecular weight is 243 g/mol. The molecule has 1 fully saturated rings. The summed E-state index contributed by atoms with van der Waals surface area (Å²) in [5.74, 6) is 0.330. The Balaban J connectivity index is 2.02. The number of aliphatic hydroxyl groups is 1. The van der Waals surface area contributed by atoms with Crippen molar-refractivity contribution in [3.8, 4) is 6.07 Å². The van der Waals surface area contributed by atoms with E-state index in [0.29, 0.717) is 5.92 Å². The number of nitriles is 1. The zero-order valence-electron chi connectivity index (χ0n) is 11.0. The van der Waals surface area contributed by atoms with Gasteiger partial charge in [0.1, 0.15) is 0 Å². The van der Waals surface area contributed by atoms with Crippen molar-refractivity contribution in [1.29, 1.82) is 5.26 Å². The first-order valence-corrected chi connectivity index (χ1v) is 6.86. The SMILES string of the molecule is CCC(C#N)C1(O)CCC(c2ccccc2)CC1. The van der Waals surface area contributed by atoms with Crippen molar-refractivity contribution in [3.63, 3.8) is 0 Å². The standard InChI is InChI=1S/C16H21NO/c1-2-15(12-17)16(18)10-8-14(9-11-16)13-6-4-3-5-7-13/h3-7,14-15,18H,2,8-11H2,1H3. The van der Waals surface area contributed by atoms with Crippen molar-refractivity contribution in [2.75, 3.05) is 0 Å². The summed E-state index contributed by atoms with van der Waals surface area (Å²) in [6.07, 6.45) is 4.21. The molecular formula is C16H21NO. The summed E-state index contributed by atoms with van der Waals surface area (Å²) in [4.78, 5) is 0. The molecule has 96 valence electrons. The van der Waals surface area contributed by atoms with Crippen LogP contribution in [0.15, 0.2) is 30.3 Å². The average Bonchev–Trinajstić information content (AvgIpc) is 2.42. The summed E-state index contributed by atoms with van der Waals surface area (Å²) in [6.45, 7) is 1.98. The molecule has 1 aliphatic carbocycles. The van der Waals surface area contributed by atoms with E-state index >= 15 is 0 Å². The van der Waals surface area contributed by atoms with Crippen LogP contribution >= 0.6 is 0 Å². The molecule has 1 atom stereocenters. The van der Waals surface area contributed by atoms with E-state index in [2.05, 4.69) is 30.3 Å². The normalized spacial score (nSPS) is 29.5. The number of nitrogens with zero attached hydrogens (tertiary/aromatic N) is 1. The molecule has 1 aromatic rings. The lowest BCUT2D eigenvalue weighted by Gasteiger charge is -2.38. The second-order valence-corrected chi connectivity index (χ2v) is 5.38. The van der Waals surface area contributed by atoms with E-state index < -0.39 is 5.60 Å². The molecule has 1 aromatic carbocycles. The second kappa shape index (κ2) is 5.54. The molecule has 0 radical (unpaired) electrons. The van der Waals surface area contributed by atoms with Crippen LogP contribution < -0.4 is 0 Å². The zero-order chi connectivity index (χ0) is 13.0. The van der Waals surface area contributed by atoms with Gasteiger partial charge in [0, 0.05) is 0 Å². The van der Waals surface area contributed by atoms with Crippen molar-refractivity contribution in [3.05, 3.63) is 35.9 Å². The highest BCUT2D eigenvalue weighted by atomic mass is 16.3. The van der Waals surface area contributed by atoms with Gasteiger partial charge in [-0.3, -0.25) is 0 Å². The molecule has 0 saturated heterocycles. The van der Waals surface area contributed by atoms with E-state index in [9.17, 15) is 5.11 Å². The second-order valence-electron chi connectivity index (χ2n) is 5.38. The summed E-state index contributed by atoms with van der Waals surface area (Å²) >= 11 is 0. The molecule has 1 unspecified atom stereocenters. The first-order valence-electron chi connectivity index (χ1n) is 6.86. The Hall–Kier alpha value is -1.33. The maximum absolute atomic E-state index is 10.6. The first-order chi connectivity index (χ1) is 8.69. The van der Waals surface area contributed by atoms with Gasteiger partial charge in [-0.1, -0.05) is 37.3 Å². The topological polar surface area (TPSA) is 44.0 Å². The third-order valence-electron chi connectivity index (χ3n) is 4.34. The van der Waals surface area contributed by atoms with Crippen molar-refractivity contribution < 1.29 is 5.11 Å². The molecule has 0 heterocycles. The van der Waals surface area contributed by atoms with Gasteiger partial charge in [0.25, 0.3) is 0 Å². The molecule has 1 aliphatic rings. The molecule has 2 heteroatoms. The number of hydrogen-bond acceptors (Lipinski definition) is 2. The monoisotopic (exact) mass is 243 g/mol. The fourth-order valence-electron chi connectivity index (χ4n) is 3.12. The molecule has 0 amide bonds. The molecule has 0 bridgehead atoms. The minimum Gasteiger partial charge on any atom is -0.389 e. The number of hydrogen-bond donors (Lipinski definition) is 1. The third-order valence-corrected chi connectivity index (χ3v) is 4.34. The Morgan fingerprint density at radius 3 is 2.44 bits per heavy atom. The van der Waals surface area contributed by atoms with E-state index in [1.54, 1.807) is 0 Å². The molecule has 1 N–H and O–H groups in total. The van der Waals surface area contributed by atoms with Crippen LogP contribution in [-0.2, 0) is 0 Å². The number of benzene rings is 1. The van der Waals surface area contributed by atoms with Gasteiger partial charge in [0.05, 0.1) is 17.6 Å². The van der Waals surface area contributed by atoms with Crippen LogP contribution in [0, 0.1) is 17.2 Å². The van der Waals surface area contributed by atoms with E-state index in [4.69, 9.17) is 5.26 Å². The Morgan fingerprint density at radius 2 is 1.94 bits per heavy atom. The Kier molecular flexibility index (Phi) is 4.04. The molecule has 0 spiro atoms. The lowest BCUT2D eigenvalue weighted by atomic mass is 9.70. The Bertz CT molecular complexity index is 412. The quantitative estimate of drug-likeness (QED) is 0.881. The fraction of sp³-hybridized carbons (Fsp3) is 0.562. The Labute approximate surface area is 109 Å². The van der Waals surface area contributed by atoms with E-state index in [0.717, 1.165) is 32.1 Å². The van der Waals surface area contributed by atoms with Gasteiger partial charge in [0.15, 0.2) is 0 Å². The number of rotatable bonds is 3. The van der Waals surface area contributed by atoms with Crippen LogP contribution in [0.3, 0.4) is 0 Å². The predicted octanol–water partition coefficient (Wildman–Crippen LogP) is 3.63. The molecular weight excluding hydrogens is 222 g/mol. The lowest BCUT2D eigenvalue weighted by molar-refractivity contribution is -0.0357. The molecule has 18 heavy (non-hydrogen) atoms. The molecule has 0 aliphatic heterocycles. The largest absolute Gasteiger partial charge is 0.389 e. The van der Waals surface area contributed by atoms with Gasteiger partial charge < -0.3 is 5.11 Å². The summed E-state index contributed by atoms with van der Waals surface area (Å²) in [7, 11) is 0. The molecule has 2 nitrogen and oxygen atoms in total. The van der Waals surface area contributed by atoms with Gasteiger partial charge in [-0.25, -0.2) is 0 Å². The van der Waals surface area contributed by atoms with Crippen LogP contribution in [0.2, 0.25) is 0 Å². The maximum atomic E-state index is 10.6. The van der Waals surface area contributed by atoms with Crippen LogP contribution in [0.4, 0.5) is 0 Å². The van der Waals surface area contributed by atoms with Crippen LogP contribution in [-0.4, -0.2) is 10.7 Å². The van der Waals surface area contributed by atoms with Gasteiger partial charge in [-0.2, -0.15) is 5.26 Å². The molecule has 2 rings (SSSR count). The van der Waals surface area contributed by atoms with Crippen LogP contribution in [0.25, 0.3) is 0 Å². The van der Waals surface area contributed by atoms with E-state index in [-0.39, 0.29) is 5.92 Å². The first kappa shape index (κ1) is 13.1. The smallest absolute Gasteiger partial charge is 0.0805 e. The molecule has 0 aromatic heterocycles. The molecule has 1 saturated carbocycles. The maximum Gasteiger partial charge on any atom is 0.0805 e. The van der Waals surface area contributed by atoms with Crippen molar-refractivity contribution >= 4 is 0 Å². The predicted molar refractivity (Wildman–Crippen MR) is 72.0 cm³/mol. The summed E-state index contributed by atoms with van der Waals surface area (Å²) in [5, 5.41) is 19.7. The highest BCUT2D eigenvalue weighted by molar-refractivity contribution is 5.20. The summed E-state index contributed by atoms with van der Waals surface area (Å²) < 4.78 is 0. The fourth-order valence-corrected chi connectivity index (χ4v) is 3.12. The summed E-state index contributed by atoms with van der Waals surface area (Å²) in [6, 6.07) is 12.8. The van der Waals surface area contributed by atoms with Gasteiger partial charge in [0.2, 0.25) is 0 Å². The zero-order valence-corrected chi connectivity index (χ0v) is 11.0. The van der Waals surface area contributed by atoms with Gasteiger partial charge in [-0.05, 0) is 43.6 Å². The summed E-state index contributed by atoms with van der Waals surface area (Å²) in [5.41, 5.74) is 0.610. The van der Waals surface area contributed by atoms with Crippen molar-refractivity contribution in [2.45, 2.75) is 50.5 Å². The minimum atomic E-state index is -0.755. The van der Waals surface area contributed by atoms with Crippen molar-refractivity contribution in [2.24, 2.45) is 5.92 Å². The Morgan fingerprint density at radius 1 is 1.33 bits per heavy atom. The van der Waals surface area contributed by atoms with Gasteiger partial charge in [-0.15, -0.1) is 0 Å². The third kappa shape index (κ3) is 2.57. The van der Waals surface area contributed by atoms with Crippen molar-refractivity contribution in [1.82, 2.24) is 0 Å². The van der Waals surface area contributed by atoms with Crippen LogP contribution in [0.1, 0.15) is 50.5 Å².